The second-order valence-electron chi connectivity index (χ2n) is 7.30. The first kappa shape index (κ1) is 21.0. The Morgan fingerprint density at radius 2 is 1.93 bits per heavy atom. The van der Waals surface area contributed by atoms with E-state index in [0.717, 1.165) is 51.2 Å². The number of rotatable bonds is 8. The van der Waals surface area contributed by atoms with Crippen LogP contribution < -0.4 is 4.74 Å². The summed E-state index contributed by atoms with van der Waals surface area (Å²) in [6.07, 6.45) is 4.28. The van der Waals surface area contributed by atoms with E-state index in [1.54, 1.807) is 6.07 Å². The molecule has 4 nitrogen and oxygen atoms in total. The van der Waals surface area contributed by atoms with E-state index in [-0.39, 0.29) is 0 Å². The van der Waals surface area contributed by atoms with Gasteiger partial charge in [-0.3, -0.25) is 4.79 Å². The summed E-state index contributed by atoms with van der Waals surface area (Å²) in [5, 5.41) is 11.0. The molecule has 0 saturated carbocycles. The summed E-state index contributed by atoms with van der Waals surface area (Å²) in [5.41, 5.74) is 4.18. The number of ether oxygens (including phenoxy) is 1. The number of aromatic nitrogens is 1. The van der Waals surface area contributed by atoms with E-state index in [1.807, 2.05) is 61.9 Å². The van der Waals surface area contributed by atoms with Gasteiger partial charge in [0, 0.05) is 22.1 Å². The van der Waals surface area contributed by atoms with Crippen molar-refractivity contribution in [3.8, 4) is 11.8 Å². The monoisotopic (exact) mass is 408 g/mol. The van der Waals surface area contributed by atoms with Crippen LogP contribution in [0.25, 0.3) is 10.9 Å². The molecule has 0 aliphatic rings. The second-order valence-corrected chi connectivity index (χ2v) is 7.68. The van der Waals surface area contributed by atoms with Crippen molar-refractivity contribution in [2.45, 2.75) is 46.1 Å². The predicted molar refractivity (Wildman–Crippen MR) is 117 cm³/mol. The van der Waals surface area contributed by atoms with Gasteiger partial charge >= 0.3 is 0 Å². The number of nitriles is 1. The van der Waals surface area contributed by atoms with E-state index in [9.17, 15) is 4.79 Å². The Morgan fingerprint density at radius 3 is 2.59 bits per heavy atom. The third-order valence-corrected chi connectivity index (χ3v) is 5.82. The lowest BCUT2D eigenvalue weighted by Gasteiger charge is -2.13. The number of ketones is 1. The van der Waals surface area contributed by atoms with Crippen molar-refractivity contribution in [2.24, 2.45) is 0 Å². The number of halogens is 1. The summed E-state index contributed by atoms with van der Waals surface area (Å²) in [6, 6.07) is 13.3. The second kappa shape index (κ2) is 9.15. The minimum Gasteiger partial charge on any atom is -0.494 e. The molecule has 0 aliphatic heterocycles. The van der Waals surface area contributed by atoms with Gasteiger partial charge in [0.2, 0.25) is 0 Å². The minimum absolute atomic E-state index is 0.406. The van der Waals surface area contributed by atoms with Gasteiger partial charge in [0.25, 0.3) is 5.78 Å². The lowest BCUT2D eigenvalue weighted by molar-refractivity contribution is -0.116. The average molecular weight is 409 g/mol. The largest absolute Gasteiger partial charge is 0.494 e. The summed E-state index contributed by atoms with van der Waals surface area (Å²) < 4.78 is 7.87. The molecule has 0 fully saturated rings. The van der Waals surface area contributed by atoms with Gasteiger partial charge in [0.1, 0.15) is 17.9 Å². The number of Topliss-reactive ketones (excluding diaryl/α,β-unsaturated/α-hetero) is 1. The van der Waals surface area contributed by atoms with Crippen LogP contribution in [0.15, 0.2) is 42.6 Å². The molecule has 29 heavy (non-hydrogen) atoms. The fourth-order valence-electron chi connectivity index (χ4n) is 3.76. The van der Waals surface area contributed by atoms with E-state index in [2.05, 4.69) is 6.07 Å². The van der Waals surface area contributed by atoms with Gasteiger partial charge in [-0.1, -0.05) is 36.7 Å². The van der Waals surface area contributed by atoms with E-state index < -0.39 is 11.8 Å². The molecule has 0 N–H and O–H groups in total. The Hall–Kier alpha value is -2.77. The number of hydrogen-bond acceptors (Lipinski definition) is 3. The number of para-hydroxylation sites is 1. The highest BCUT2D eigenvalue weighted by Gasteiger charge is 2.21. The first-order chi connectivity index (χ1) is 14.0. The topological polar surface area (TPSA) is 55.0 Å². The van der Waals surface area contributed by atoms with Gasteiger partial charge in [-0.15, -0.1) is 0 Å². The fourth-order valence-corrected chi connectivity index (χ4v) is 3.87. The molecule has 3 aromatic rings. The van der Waals surface area contributed by atoms with Crippen LogP contribution in [0, 0.1) is 25.2 Å². The van der Waals surface area contributed by atoms with Crippen LogP contribution >= 0.6 is 11.6 Å². The van der Waals surface area contributed by atoms with Crippen molar-refractivity contribution < 1.29 is 9.53 Å². The maximum absolute atomic E-state index is 12.1. The van der Waals surface area contributed by atoms with Gasteiger partial charge in [-0.25, -0.2) is 0 Å². The van der Waals surface area contributed by atoms with Gasteiger partial charge in [0.05, 0.1) is 6.61 Å². The minimum atomic E-state index is -0.449. The van der Waals surface area contributed by atoms with E-state index >= 15 is 0 Å². The molecule has 0 aliphatic carbocycles. The van der Waals surface area contributed by atoms with Crippen molar-refractivity contribution in [3.63, 3.8) is 0 Å². The van der Waals surface area contributed by atoms with Crippen LogP contribution in [0.1, 0.15) is 42.5 Å². The molecule has 0 bridgehead atoms. The number of carbonyl (C=O) groups excluding carboxylic acids is 1. The number of benzene rings is 2. The van der Waals surface area contributed by atoms with E-state index in [0.29, 0.717) is 13.0 Å². The first-order valence-electron chi connectivity index (χ1n) is 9.88. The highest BCUT2D eigenvalue weighted by Crippen LogP contribution is 2.28. The molecule has 0 saturated heterocycles. The average Bonchev–Trinajstić information content (AvgIpc) is 3.08. The maximum atomic E-state index is 12.1. The van der Waals surface area contributed by atoms with Gasteiger partial charge in [-0.2, -0.15) is 5.26 Å². The van der Waals surface area contributed by atoms with E-state index in [1.165, 1.54) is 0 Å². The summed E-state index contributed by atoms with van der Waals surface area (Å²) in [6.45, 7) is 6.47. The highest BCUT2D eigenvalue weighted by atomic mass is 35.5. The van der Waals surface area contributed by atoms with Crippen molar-refractivity contribution in [2.75, 3.05) is 6.61 Å². The van der Waals surface area contributed by atoms with Crippen LogP contribution in [-0.2, 0) is 11.2 Å². The third-order valence-electron chi connectivity index (χ3n) is 5.23. The smallest absolute Gasteiger partial charge is 0.254 e. The molecule has 1 heterocycles. The van der Waals surface area contributed by atoms with Gasteiger partial charge < -0.3 is 9.30 Å². The van der Waals surface area contributed by atoms with Crippen molar-refractivity contribution >= 4 is 28.3 Å². The SMILES string of the molecule is CCC(C(=O)C#N)n1cc(CCCOc2cc(C)c(Cl)c(C)c2)c2ccccc21. The summed E-state index contributed by atoms with van der Waals surface area (Å²) >= 11 is 6.22. The quantitative estimate of drug-likeness (QED) is 0.341. The van der Waals surface area contributed by atoms with Crippen LogP contribution in [0.4, 0.5) is 0 Å². The third kappa shape index (κ3) is 4.46. The Bertz CT molecular complexity index is 1060. The van der Waals surface area contributed by atoms with Crippen LogP contribution in [0.2, 0.25) is 5.02 Å². The number of hydrogen-bond donors (Lipinski definition) is 0. The Kier molecular flexibility index (Phi) is 6.61. The lowest BCUT2D eigenvalue weighted by Crippen LogP contribution is -2.16. The maximum Gasteiger partial charge on any atom is 0.254 e. The number of aryl methyl sites for hydroxylation is 3. The Balaban J connectivity index is 1.74. The summed E-state index contributed by atoms with van der Waals surface area (Å²) in [5.74, 6) is 0.425. The molecule has 1 aromatic heterocycles. The summed E-state index contributed by atoms with van der Waals surface area (Å²) in [7, 11) is 0. The molecular weight excluding hydrogens is 384 g/mol. The molecule has 0 amide bonds. The number of nitrogens with zero attached hydrogens (tertiary/aromatic N) is 2. The standard InChI is InChI=1S/C24H25ClN2O2/c1-4-21(23(28)14-26)27-15-18(20-9-5-6-10-22(20)27)8-7-11-29-19-12-16(2)24(25)17(3)13-19/h5-6,9-10,12-13,15,21H,4,7-8,11H2,1-3H3. The Labute approximate surface area is 176 Å². The zero-order valence-corrected chi connectivity index (χ0v) is 17.8. The molecule has 2 aromatic carbocycles. The predicted octanol–water partition coefficient (Wildman–Crippen LogP) is 5.97. The summed E-state index contributed by atoms with van der Waals surface area (Å²) in [4.78, 5) is 12.1. The first-order valence-corrected chi connectivity index (χ1v) is 10.3. The molecular formula is C24H25ClN2O2. The number of carbonyl (C=O) groups is 1. The van der Waals surface area contributed by atoms with Crippen LogP contribution in [0.3, 0.4) is 0 Å². The van der Waals surface area contributed by atoms with E-state index in [4.69, 9.17) is 21.6 Å². The van der Waals surface area contributed by atoms with Crippen LogP contribution in [-0.4, -0.2) is 17.0 Å². The molecule has 0 radical (unpaired) electrons. The zero-order valence-electron chi connectivity index (χ0n) is 17.0. The van der Waals surface area contributed by atoms with Gasteiger partial charge in [-0.05, 0) is 68.0 Å². The molecule has 0 spiro atoms. The number of fused-ring (bicyclic) bond motifs is 1. The van der Waals surface area contributed by atoms with Gasteiger partial charge in [0.15, 0.2) is 0 Å². The molecule has 150 valence electrons. The van der Waals surface area contributed by atoms with Crippen molar-refractivity contribution in [3.05, 3.63) is 64.3 Å². The Morgan fingerprint density at radius 1 is 1.24 bits per heavy atom. The lowest BCUT2D eigenvalue weighted by atomic mass is 10.1. The molecule has 1 atom stereocenters. The van der Waals surface area contributed by atoms with Crippen molar-refractivity contribution in [1.29, 1.82) is 5.26 Å². The van der Waals surface area contributed by atoms with Crippen LogP contribution in [0.5, 0.6) is 5.75 Å². The zero-order chi connectivity index (χ0) is 21.0. The fraction of sp³-hybridized carbons (Fsp3) is 0.333. The normalized spacial score (nSPS) is 12.0. The molecule has 1 unspecified atom stereocenters. The van der Waals surface area contributed by atoms with Crippen molar-refractivity contribution in [1.82, 2.24) is 4.57 Å². The highest BCUT2D eigenvalue weighted by molar-refractivity contribution is 6.32. The molecule has 3 rings (SSSR count). The molecule has 5 heteroatoms.